The molecule has 3 rings (SSSR count). The molecule has 1 N–H and O–H groups in total. The number of rotatable bonds is 6. The number of hydrogen-bond donors (Lipinski definition) is 1. The Labute approximate surface area is 163 Å². The first kappa shape index (κ1) is 20.1. The first-order chi connectivity index (χ1) is 13.5. The highest BCUT2D eigenvalue weighted by molar-refractivity contribution is 5.94. The molecular formula is C21H25F2N3O2. The van der Waals surface area contributed by atoms with Crippen LogP contribution in [-0.2, 0) is 6.54 Å². The number of likely N-dealkylation sites (N-methyl/N-ethyl adjacent to an activating group) is 1. The molecule has 0 aliphatic carbocycles. The Morgan fingerprint density at radius 3 is 2.21 bits per heavy atom. The summed E-state index contributed by atoms with van der Waals surface area (Å²) in [5.41, 5.74) is 0.659. The van der Waals surface area contributed by atoms with Crippen LogP contribution in [0.3, 0.4) is 0 Å². The van der Waals surface area contributed by atoms with Crippen molar-refractivity contribution < 1.29 is 18.3 Å². The third kappa shape index (κ3) is 4.59. The van der Waals surface area contributed by atoms with Gasteiger partial charge in [0.1, 0.15) is 23.1 Å². The first-order valence-electron chi connectivity index (χ1n) is 9.39. The monoisotopic (exact) mass is 389 g/mol. The van der Waals surface area contributed by atoms with Crippen LogP contribution in [0.2, 0.25) is 0 Å². The molecule has 0 saturated carbocycles. The molecule has 1 saturated heterocycles. The van der Waals surface area contributed by atoms with Gasteiger partial charge in [0, 0.05) is 38.3 Å². The van der Waals surface area contributed by atoms with Crippen LogP contribution in [0.4, 0.5) is 14.5 Å². The van der Waals surface area contributed by atoms with Gasteiger partial charge in [0.05, 0.1) is 7.11 Å². The summed E-state index contributed by atoms with van der Waals surface area (Å²) >= 11 is 0. The molecule has 1 aliphatic heterocycles. The van der Waals surface area contributed by atoms with Crippen LogP contribution in [-0.4, -0.2) is 55.5 Å². The van der Waals surface area contributed by atoms with Crippen LogP contribution < -0.4 is 10.1 Å². The van der Waals surface area contributed by atoms with Crippen molar-refractivity contribution in [3.63, 3.8) is 0 Å². The van der Waals surface area contributed by atoms with Gasteiger partial charge in [0.2, 0.25) is 0 Å². The zero-order valence-corrected chi connectivity index (χ0v) is 16.2. The van der Waals surface area contributed by atoms with E-state index >= 15 is 0 Å². The number of anilines is 1. The van der Waals surface area contributed by atoms with Gasteiger partial charge in [-0.15, -0.1) is 0 Å². The number of carbonyl (C=O) groups is 1. The lowest BCUT2D eigenvalue weighted by Gasteiger charge is -2.34. The summed E-state index contributed by atoms with van der Waals surface area (Å²) < 4.78 is 34.0. The third-order valence-corrected chi connectivity index (χ3v) is 5.02. The van der Waals surface area contributed by atoms with Gasteiger partial charge in [-0.3, -0.25) is 4.79 Å². The second-order valence-corrected chi connectivity index (χ2v) is 6.74. The number of nitrogens with one attached hydrogen (secondary N) is 1. The summed E-state index contributed by atoms with van der Waals surface area (Å²) in [5, 5.41) is 2.77. The van der Waals surface area contributed by atoms with Crippen molar-refractivity contribution in [2.45, 2.75) is 13.5 Å². The summed E-state index contributed by atoms with van der Waals surface area (Å²) in [4.78, 5) is 16.5. The Morgan fingerprint density at radius 2 is 1.68 bits per heavy atom. The van der Waals surface area contributed by atoms with Crippen LogP contribution in [0.5, 0.6) is 5.75 Å². The zero-order valence-electron chi connectivity index (χ0n) is 16.2. The van der Waals surface area contributed by atoms with Gasteiger partial charge in [0.15, 0.2) is 0 Å². The van der Waals surface area contributed by atoms with Gasteiger partial charge in [-0.2, -0.15) is 0 Å². The maximum atomic E-state index is 14.5. The molecule has 5 nitrogen and oxygen atoms in total. The second kappa shape index (κ2) is 9.01. The van der Waals surface area contributed by atoms with Crippen molar-refractivity contribution in [3.05, 3.63) is 59.2 Å². The number of amides is 1. The molecule has 7 heteroatoms. The van der Waals surface area contributed by atoms with Crippen LogP contribution in [0, 0.1) is 11.6 Å². The smallest absolute Gasteiger partial charge is 0.254 e. The Kier molecular flexibility index (Phi) is 6.46. The average Bonchev–Trinajstić information content (AvgIpc) is 2.73. The van der Waals surface area contributed by atoms with Gasteiger partial charge in [0.25, 0.3) is 5.91 Å². The number of piperazine rings is 1. The Hall–Kier alpha value is -2.67. The fourth-order valence-corrected chi connectivity index (χ4v) is 3.25. The number of ether oxygens (including phenoxy) is 1. The first-order valence-corrected chi connectivity index (χ1v) is 9.39. The molecule has 0 aromatic heterocycles. The maximum absolute atomic E-state index is 14.5. The number of methoxy groups -OCH3 is 1. The SMILES string of the molecule is CCN1CCN(C(=O)c2cc(F)c(NCc3ccc(OC)cc3)c(F)c2)CC1. The highest BCUT2D eigenvalue weighted by Gasteiger charge is 2.23. The lowest BCUT2D eigenvalue weighted by Crippen LogP contribution is -2.48. The number of hydrogen-bond acceptors (Lipinski definition) is 4. The number of benzene rings is 2. The predicted octanol–water partition coefficient (Wildman–Crippen LogP) is 3.36. The summed E-state index contributed by atoms with van der Waals surface area (Å²) in [7, 11) is 1.57. The van der Waals surface area contributed by atoms with Crippen molar-refractivity contribution in [3.8, 4) is 5.75 Å². The van der Waals surface area contributed by atoms with Crippen LogP contribution >= 0.6 is 0 Å². The molecule has 28 heavy (non-hydrogen) atoms. The topological polar surface area (TPSA) is 44.8 Å². The van der Waals surface area contributed by atoms with E-state index in [9.17, 15) is 13.6 Å². The molecule has 0 spiro atoms. The van der Waals surface area contributed by atoms with E-state index in [4.69, 9.17) is 4.74 Å². The van der Waals surface area contributed by atoms with E-state index in [0.29, 0.717) is 18.8 Å². The van der Waals surface area contributed by atoms with E-state index in [1.165, 1.54) is 0 Å². The van der Waals surface area contributed by atoms with Crippen LogP contribution in [0.25, 0.3) is 0 Å². The van der Waals surface area contributed by atoms with E-state index < -0.39 is 11.6 Å². The Morgan fingerprint density at radius 1 is 1.07 bits per heavy atom. The zero-order chi connectivity index (χ0) is 20.1. The fourth-order valence-electron chi connectivity index (χ4n) is 3.25. The van der Waals surface area contributed by atoms with Gasteiger partial charge in [-0.1, -0.05) is 19.1 Å². The largest absolute Gasteiger partial charge is 0.497 e. The highest BCUT2D eigenvalue weighted by Crippen LogP contribution is 2.23. The second-order valence-electron chi connectivity index (χ2n) is 6.74. The minimum atomic E-state index is -0.774. The molecule has 0 bridgehead atoms. The summed E-state index contributed by atoms with van der Waals surface area (Å²) in [6.07, 6.45) is 0. The predicted molar refractivity (Wildman–Crippen MR) is 105 cm³/mol. The molecule has 2 aromatic rings. The lowest BCUT2D eigenvalue weighted by atomic mass is 10.1. The fraction of sp³-hybridized carbons (Fsp3) is 0.381. The average molecular weight is 389 g/mol. The molecule has 1 aliphatic rings. The molecule has 1 fully saturated rings. The summed E-state index contributed by atoms with van der Waals surface area (Å²) in [6.45, 7) is 5.92. The molecule has 0 radical (unpaired) electrons. The number of halogens is 2. The molecule has 0 atom stereocenters. The number of carbonyl (C=O) groups excluding carboxylic acids is 1. The van der Waals surface area contributed by atoms with Crippen molar-refractivity contribution in [1.82, 2.24) is 9.80 Å². The molecule has 2 aromatic carbocycles. The third-order valence-electron chi connectivity index (χ3n) is 5.02. The summed E-state index contributed by atoms with van der Waals surface area (Å²) in [5.74, 6) is -1.17. The van der Waals surface area contributed by atoms with E-state index in [0.717, 1.165) is 37.3 Å². The van der Waals surface area contributed by atoms with Crippen molar-refractivity contribution >= 4 is 11.6 Å². The normalized spacial score (nSPS) is 14.8. The van der Waals surface area contributed by atoms with Crippen molar-refractivity contribution in [1.29, 1.82) is 0 Å². The van der Waals surface area contributed by atoms with E-state index in [2.05, 4.69) is 17.1 Å². The van der Waals surface area contributed by atoms with Gasteiger partial charge in [-0.05, 0) is 36.4 Å². The van der Waals surface area contributed by atoms with Crippen LogP contribution in [0.15, 0.2) is 36.4 Å². The van der Waals surface area contributed by atoms with Gasteiger partial charge < -0.3 is 19.9 Å². The highest BCUT2D eigenvalue weighted by atomic mass is 19.1. The lowest BCUT2D eigenvalue weighted by molar-refractivity contribution is 0.0642. The minimum Gasteiger partial charge on any atom is -0.497 e. The van der Waals surface area contributed by atoms with E-state index in [-0.39, 0.29) is 23.7 Å². The quantitative estimate of drug-likeness (QED) is 0.823. The van der Waals surface area contributed by atoms with Crippen molar-refractivity contribution in [2.24, 2.45) is 0 Å². The molecule has 150 valence electrons. The molecule has 1 amide bonds. The van der Waals surface area contributed by atoms with E-state index in [1.807, 2.05) is 12.1 Å². The Balaban J connectivity index is 1.67. The van der Waals surface area contributed by atoms with Gasteiger partial charge >= 0.3 is 0 Å². The maximum Gasteiger partial charge on any atom is 0.254 e. The molecule has 0 unspecified atom stereocenters. The molecule has 1 heterocycles. The van der Waals surface area contributed by atoms with Crippen molar-refractivity contribution in [2.75, 3.05) is 45.2 Å². The molecular weight excluding hydrogens is 364 g/mol. The van der Waals surface area contributed by atoms with E-state index in [1.54, 1.807) is 24.1 Å². The number of nitrogens with zero attached hydrogens (tertiary/aromatic N) is 2. The Bertz CT molecular complexity index is 796. The minimum absolute atomic E-state index is 0.0370. The summed E-state index contributed by atoms with van der Waals surface area (Å²) in [6, 6.07) is 9.40. The van der Waals surface area contributed by atoms with Crippen LogP contribution in [0.1, 0.15) is 22.8 Å². The van der Waals surface area contributed by atoms with Gasteiger partial charge in [-0.25, -0.2) is 8.78 Å². The standard InChI is InChI=1S/C21H25F2N3O2/c1-3-25-8-10-26(11-9-25)21(27)16-12-18(22)20(19(23)13-16)24-14-15-4-6-17(28-2)7-5-15/h4-7,12-13,24H,3,8-11,14H2,1-2H3.